The molecule has 14 nitrogen and oxygen atoms in total. The highest BCUT2D eigenvalue weighted by Gasteiger charge is 2.56. The summed E-state index contributed by atoms with van der Waals surface area (Å²) in [5, 5.41) is 15.0. The molecule has 0 radical (unpaired) electrons. The van der Waals surface area contributed by atoms with E-state index in [0.29, 0.717) is 17.0 Å². The van der Waals surface area contributed by atoms with Crippen molar-refractivity contribution in [1.29, 1.82) is 0 Å². The van der Waals surface area contributed by atoms with Crippen LogP contribution >= 0.6 is 7.67 Å². The van der Waals surface area contributed by atoms with Gasteiger partial charge in [-0.3, -0.25) is 28.6 Å². The third-order valence-corrected chi connectivity index (χ3v) is 8.55. The fraction of sp³-hybridized carbons (Fsp3) is 0.393. The lowest BCUT2D eigenvalue weighted by atomic mass is 10.1. The van der Waals surface area contributed by atoms with Crippen LogP contribution in [0.15, 0.2) is 78.1 Å². The molecule has 43 heavy (non-hydrogen) atoms. The number of aromatic nitrogens is 4. The molecular formula is C28H33N6O8P. The number of benzene rings is 2. The highest BCUT2D eigenvalue weighted by molar-refractivity contribution is 7.62. The quantitative estimate of drug-likeness (QED) is 0.158. The number of hydrogen-bond acceptors (Lipinski definition) is 10. The summed E-state index contributed by atoms with van der Waals surface area (Å²) < 4.78 is 47.2. The van der Waals surface area contributed by atoms with Gasteiger partial charge in [0.2, 0.25) is 0 Å². The third kappa shape index (κ3) is 6.36. The molecular weight excluding hydrogens is 579 g/mol. The molecule has 0 aliphatic carbocycles. The molecule has 15 heteroatoms. The van der Waals surface area contributed by atoms with E-state index in [0.717, 1.165) is 0 Å². The lowest BCUT2D eigenvalue weighted by Gasteiger charge is -2.26. The molecule has 4 heterocycles. The molecule has 4 aromatic rings. The van der Waals surface area contributed by atoms with Gasteiger partial charge in [0, 0.05) is 11.4 Å². The van der Waals surface area contributed by atoms with Crippen molar-refractivity contribution in [1.82, 2.24) is 19.1 Å². The summed E-state index contributed by atoms with van der Waals surface area (Å²) in [6, 6.07) is 18.2. The first-order chi connectivity index (χ1) is 20.8. The van der Waals surface area contributed by atoms with Crippen LogP contribution in [0.2, 0.25) is 0 Å². The Morgan fingerprint density at radius 1 is 0.977 bits per heavy atom. The van der Waals surface area contributed by atoms with Crippen molar-refractivity contribution in [3.05, 3.63) is 83.7 Å². The number of para-hydroxylation sites is 2. The van der Waals surface area contributed by atoms with Gasteiger partial charge < -0.3 is 24.1 Å². The van der Waals surface area contributed by atoms with Crippen LogP contribution in [0.5, 0.6) is 0 Å². The number of nitrogens with zero attached hydrogens (tertiary/aromatic N) is 4. The second-order valence-electron chi connectivity index (χ2n) is 10.5. The molecule has 228 valence electrons. The summed E-state index contributed by atoms with van der Waals surface area (Å²) in [5.74, 6) is -0.926. The van der Waals surface area contributed by atoms with Crippen LogP contribution in [-0.2, 0) is 34.8 Å². The molecule has 2 aromatic carbocycles. The molecule has 4 atom stereocenters. The van der Waals surface area contributed by atoms with Crippen molar-refractivity contribution in [2.75, 3.05) is 30.0 Å². The Kier molecular flexibility index (Phi) is 8.34. The molecule has 3 N–H and O–H groups in total. The van der Waals surface area contributed by atoms with E-state index >= 15 is 0 Å². The Bertz CT molecular complexity index is 1600. The van der Waals surface area contributed by atoms with E-state index in [-0.39, 0.29) is 32.1 Å². The zero-order valence-electron chi connectivity index (χ0n) is 23.6. The molecule has 2 aliphatic rings. The Balaban J connectivity index is 1.25. The largest absolute Gasteiger partial charge is 0.394 e. The molecule has 2 saturated heterocycles. The molecule has 0 saturated carbocycles. The first-order valence-corrected chi connectivity index (χ1v) is 15.4. The first-order valence-electron chi connectivity index (χ1n) is 13.8. The second kappa shape index (κ2) is 12.2. The summed E-state index contributed by atoms with van der Waals surface area (Å²) in [4.78, 5) is 21.7. The third-order valence-electron chi connectivity index (χ3n) is 6.94. The van der Waals surface area contributed by atoms with Gasteiger partial charge in [-0.25, -0.2) is 14.5 Å². The van der Waals surface area contributed by atoms with E-state index in [1.54, 1.807) is 42.7 Å². The Hall–Kier alpha value is -3.62. The molecule has 6 rings (SSSR count). The van der Waals surface area contributed by atoms with Crippen molar-refractivity contribution in [2.24, 2.45) is 0 Å². The molecule has 0 unspecified atom stereocenters. The monoisotopic (exact) mass is 612 g/mol. The van der Waals surface area contributed by atoms with Crippen LogP contribution in [0.25, 0.3) is 11.2 Å². The number of imidazole rings is 1. The minimum Gasteiger partial charge on any atom is -0.394 e. The number of hydrogen-bond donors (Lipinski definition) is 3. The second-order valence-corrected chi connectivity index (χ2v) is 12.3. The first kappa shape index (κ1) is 29.5. The molecule has 0 amide bonds. The number of aliphatic hydroxyl groups is 1. The standard InChI is InChI=1S/C28H33N6O8P/c1-28(2)41-23-21(15-39-43(37,31-19-9-5-3-6-10-19)32-20-11-7-4-8-12-20)40-27(24(23)42-28)34-17-29-22-25(34)30-16-33(26(22)36)18-38-14-13-35/h3-12,16-17,21,23-24,27,35H,13-15,18H2,1-2H3,(H2,31,32,37)/t21-,23-,24-,27-/m1/s1. The summed E-state index contributed by atoms with van der Waals surface area (Å²) in [6.45, 7) is 3.34. The van der Waals surface area contributed by atoms with E-state index in [1.807, 2.05) is 36.4 Å². The van der Waals surface area contributed by atoms with Crippen molar-refractivity contribution in [3.63, 3.8) is 0 Å². The number of nitrogens with one attached hydrogen (secondary N) is 2. The van der Waals surface area contributed by atoms with Crippen LogP contribution in [0.4, 0.5) is 11.4 Å². The predicted octanol–water partition coefficient (Wildman–Crippen LogP) is 3.33. The van der Waals surface area contributed by atoms with Crippen LogP contribution in [0, 0.1) is 0 Å². The topological polar surface area (TPSA) is 160 Å². The van der Waals surface area contributed by atoms with Crippen molar-refractivity contribution >= 4 is 30.2 Å². The maximum absolute atomic E-state index is 14.1. The number of ether oxygens (including phenoxy) is 4. The van der Waals surface area contributed by atoms with Crippen LogP contribution in [-0.4, -0.2) is 68.1 Å². The SMILES string of the molecule is CC1(C)O[C@@H]2[C@H](O1)[C@@H](COP(=O)(Nc1ccccc1)Nc1ccccc1)O[C@H]2n1cnc2c(=O)n(COCCO)cnc21. The minimum atomic E-state index is -3.71. The molecule has 2 aliphatic heterocycles. The van der Waals surface area contributed by atoms with Gasteiger partial charge in [-0.15, -0.1) is 0 Å². The van der Waals surface area contributed by atoms with E-state index < -0.39 is 43.6 Å². The van der Waals surface area contributed by atoms with Crippen molar-refractivity contribution in [3.8, 4) is 0 Å². The Morgan fingerprint density at radius 3 is 2.28 bits per heavy atom. The molecule has 0 bridgehead atoms. The van der Waals surface area contributed by atoms with E-state index in [9.17, 15) is 9.36 Å². The molecule has 2 aromatic heterocycles. The van der Waals surface area contributed by atoms with Gasteiger partial charge in [-0.1, -0.05) is 36.4 Å². The van der Waals surface area contributed by atoms with Crippen LogP contribution < -0.4 is 15.7 Å². The number of fused-ring (bicyclic) bond motifs is 2. The van der Waals surface area contributed by atoms with Gasteiger partial charge in [0.25, 0.3) is 5.56 Å². The van der Waals surface area contributed by atoms with Gasteiger partial charge >= 0.3 is 7.67 Å². The van der Waals surface area contributed by atoms with Gasteiger partial charge in [-0.05, 0) is 38.1 Å². The maximum Gasteiger partial charge on any atom is 0.391 e. The zero-order chi connectivity index (χ0) is 30.0. The minimum absolute atomic E-state index is 0.0710. The summed E-state index contributed by atoms with van der Waals surface area (Å²) in [6.07, 6.45) is 0.195. The van der Waals surface area contributed by atoms with Gasteiger partial charge in [0.05, 0.1) is 26.1 Å². The van der Waals surface area contributed by atoms with Crippen molar-refractivity contribution < 1.29 is 33.1 Å². The highest BCUT2D eigenvalue weighted by Crippen LogP contribution is 2.49. The fourth-order valence-electron chi connectivity index (χ4n) is 5.11. The van der Waals surface area contributed by atoms with Gasteiger partial charge in [-0.2, -0.15) is 0 Å². The van der Waals surface area contributed by atoms with Crippen molar-refractivity contribution in [2.45, 2.75) is 50.9 Å². The molecule has 0 spiro atoms. The van der Waals surface area contributed by atoms with Gasteiger partial charge in [0.1, 0.15) is 31.4 Å². The van der Waals surface area contributed by atoms with Crippen LogP contribution in [0.1, 0.15) is 20.1 Å². The maximum atomic E-state index is 14.1. The normalized spacial score (nSPS) is 23.0. The predicted molar refractivity (Wildman–Crippen MR) is 156 cm³/mol. The summed E-state index contributed by atoms with van der Waals surface area (Å²) in [5.41, 5.74) is 1.24. The lowest BCUT2D eigenvalue weighted by molar-refractivity contribution is -0.198. The summed E-state index contributed by atoms with van der Waals surface area (Å²) >= 11 is 0. The fourth-order valence-corrected chi connectivity index (χ4v) is 6.63. The average molecular weight is 613 g/mol. The molecule has 2 fully saturated rings. The Labute approximate surface area is 247 Å². The van der Waals surface area contributed by atoms with E-state index in [4.69, 9.17) is 28.6 Å². The summed E-state index contributed by atoms with van der Waals surface area (Å²) in [7, 11) is -3.71. The number of aliphatic hydroxyl groups excluding tert-OH is 1. The van der Waals surface area contributed by atoms with Crippen LogP contribution in [0.3, 0.4) is 0 Å². The zero-order valence-corrected chi connectivity index (χ0v) is 24.5. The smallest absolute Gasteiger partial charge is 0.391 e. The Morgan fingerprint density at radius 2 is 1.63 bits per heavy atom. The number of anilines is 2. The lowest BCUT2D eigenvalue weighted by Crippen LogP contribution is -2.33. The van der Waals surface area contributed by atoms with E-state index in [1.165, 1.54) is 17.2 Å². The number of rotatable bonds is 12. The highest BCUT2D eigenvalue weighted by atomic mass is 31.2. The average Bonchev–Trinajstić information content (AvgIpc) is 3.65. The van der Waals surface area contributed by atoms with Gasteiger partial charge in [0.15, 0.2) is 23.2 Å². The van der Waals surface area contributed by atoms with E-state index in [2.05, 4.69) is 20.1 Å².